The van der Waals surface area contributed by atoms with Gasteiger partial charge in [-0.3, -0.25) is 4.79 Å². The van der Waals surface area contributed by atoms with Crippen molar-refractivity contribution in [2.24, 2.45) is 5.10 Å². The average Bonchev–Trinajstić information content (AvgIpc) is 2.85. The van der Waals surface area contributed by atoms with Crippen LogP contribution in [0.1, 0.15) is 20.8 Å². The Morgan fingerprint density at radius 3 is 2.95 bits per heavy atom. The molecule has 1 aliphatic rings. The van der Waals surface area contributed by atoms with E-state index in [0.717, 1.165) is 16.0 Å². The van der Waals surface area contributed by atoms with Gasteiger partial charge < -0.3 is 5.02 Å². The minimum Gasteiger partial charge on any atom is -0.427 e. The zero-order valence-corrected chi connectivity index (χ0v) is 11.1. The van der Waals surface area contributed by atoms with Crippen LogP contribution in [-0.2, 0) is 0 Å². The first-order chi connectivity index (χ1) is 9.16. The number of hydrogen-bond donors (Lipinski definition) is 1. The summed E-state index contributed by atoms with van der Waals surface area (Å²) in [5.74, 6) is -0.281. The molecule has 19 heavy (non-hydrogen) atoms. The first kappa shape index (κ1) is 12.1. The van der Waals surface area contributed by atoms with Crippen LogP contribution in [0.2, 0.25) is 0 Å². The number of benzene rings is 1. The number of nitrogens with zero attached hydrogens (tertiary/aromatic N) is 2. The van der Waals surface area contributed by atoms with Crippen molar-refractivity contribution in [3.8, 4) is 0 Å². The van der Waals surface area contributed by atoms with Crippen molar-refractivity contribution in [1.29, 1.82) is 0 Å². The van der Waals surface area contributed by atoms with Crippen molar-refractivity contribution in [1.82, 2.24) is 4.92 Å². The highest BCUT2D eigenvalue weighted by atomic mass is 32.1. The molecule has 0 bridgehead atoms. The molecular formula is C13H11BN2O2S. The topological polar surface area (TPSA) is 52.9 Å². The largest absolute Gasteiger partial charge is 0.474 e. The maximum absolute atomic E-state index is 12.3. The highest BCUT2D eigenvalue weighted by Crippen LogP contribution is 2.18. The molecule has 1 N–H and O–H groups in total. The first-order valence-electron chi connectivity index (χ1n) is 5.86. The van der Waals surface area contributed by atoms with Crippen LogP contribution in [0.5, 0.6) is 0 Å². The molecule has 0 unspecified atom stereocenters. The van der Waals surface area contributed by atoms with E-state index >= 15 is 0 Å². The molecule has 2 heterocycles. The number of fused-ring (bicyclic) bond motifs is 1. The Labute approximate surface area is 115 Å². The van der Waals surface area contributed by atoms with Crippen molar-refractivity contribution in [2.75, 3.05) is 0 Å². The number of amides is 1. The van der Waals surface area contributed by atoms with E-state index in [4.69, 9.17) is 0 Å². The quantitative estimate of drug-likeness (QED) is 0.792. The molecular weight excluding hydrogens is 259 g/mol. The Hall–Kier alpha value is -1.92. The van der Waals surface area contributed by atoms with Crippen LogP contribution in [0.4, 0.5) is 0 Å². The van der Waals surface area contributed by atoms with E-state index in [9.17, 15) is 9.82 Å². The Balaban J connectivity index is 1.94. The van der Waals surface area contributed by atoms with Crippen LogP contribution in [-0.4, -0.2) is 29.1 Å². The third-order valence-electron chi connectivity index (χ3n) is 2.98. The first-order valence-corrected chi connectivity index (χ1v) is 6.74. The summed E-state index contributed by atoms with van der Waals surface area (Å²) in [5.41, 5.74) is 2.56. The predicted molar refractivity (Wildman–Crippen MR) is 76.9 cm³/mol. The maximum atomic E-state index is 12.3. The van der Waals surface area contributed by atoms with Crippen molar-refractivity contribution in [3.63, 3.8) is 0 Å². The Kier molecular flexibility index (Phi) is 2.96. The van der Waals surface area contributed by atoms with E-state index in [1.165, 1.54) is 11.3 Å². The lowest BCUT2D eigenvalue weighted by molar-refractivity contribution is 0.0850. The predicted octanol–water partition coefficient (Wildman–Crippen LogP) is 1.23. The summed E-state index contributed by atoms with van der Waals surface area (Å²) in [5, 5.41) is 16.2. The summed E-state index contributed by atoms with van der Waals surface area (Å²) in [7, 11) is -1.03. The molecule has 1 aromatic carbocycles. The summed E-state index contributed by atoms with van der Waals surface area (Å²) < 4.78 is 0. The summed E-state index contributed by atoms with van der Waals surface area (Å²) in [6.07, 6.45) is 1.60. The molecule has 94 valence electrons. The van der Waals surface area contributed by atoms with Gasteiger partial charge in [-0.2, -0.15) is 5.10 Å². The number of rotatable bonds is 1. The third-order valence-corrected chi connectivity index (χ3v) is 4.01. The minimum atomic E-state index is -1.03. The number of carbonyl (C=O) groups excluding carboxylic acids is 1. The van der Waals surface area contributed by atoms with Gasteiger partial charge in [0.1, 0.15) is 0 Å². The van der Waals surface area contributed by atoms with Crippen LogP contribution < -0.4 is 5.46 Å². The van der Waals surface area contributed by atoms with Gasteiger partial charge in [-0.15, -0.1) is 11.3 Å². The molecule has 0 saturated heterocycles. The number of carbonyl (C=O) groups is 1. The van der Waals surface area contributed by atoms with Gasteiger partial charge in [0.15, 0.2) is 0 Å². The smallest absolute Gasteiger partial charge is 0.427 e. The number of hydrazone groups is 1. The molecule has 0 spiro atoms. The Morgan fingerprint density at radius 2 is 2.21 bits per heavy atom. The van der Waals surface area contributed by atoms with Crippen LogP contribution in [0.25, 0.3) is 0 Å². The van der Waals surface area contributed by atoms with E-state index in [0.29, 0.717) is 10.3 Å². The van der Waals surface area contributed by atoms with Gasteiger partial charge in [-0.05, 0) is 35.0 Å². The molecule has 4 nitrogen and oxygen atoms in total. The van der Waals surface area contributed by atoms with Crippen LogP contribution in [0.3, 0.4) is 0 Å². The second-order valence-electron chi connectivity index (χ2n) is 4.39. The molecule has 3 rings (SSSR count). The zero-order valence-electron chi connectivity index (χ0n) is 10.3. The van der Waals surface area contributed by atoms with E-state index < -0.39 is 7.05 Å². The Bertz CT molecular complexity index is 668. The molecule has 2 aromatic rings. The summed E-state index contributed by atoms with van der Waals surface area (Å²) in [6, 6.07) is 9.16. The molecule has 0 radical (unpaired) electrons. The molecule has 0 aliphatic carbocycles. The van der Waals surface area contributed by atoms with E-state index in [2.05, 4.69) is 5.10 Å². The summed E-state index contributed by atoms with van der Waals surface area (Å²) in [6.45, 7) is 1.93. The lowest BCUT2D eigenvalue weighted by Crippen LogP contribution is -2.52. The molecule has 1 aromatic heterocycles. The van der Waals surface area contributed by atoms with Crippen molar-refractivity contribution in [2.45, 2.75) is 6.92 Å². The third kappa shape index (κ3) is 2.09. The van der Waals surface area contributed by atoms with Crippen LogP contribution >= 0.6 is 11.3 Å². The van der Waals surface area contributed by atoms with Gasteiger partial charge >= 0.3 is 7.05 Å². The number of hydrogen-bond acceptors (Lipinski definition) is 4. The molecule has 1 amide bonds. The summed E-state index contributed by atoms with van der Waals surface area (Å²) >= 11 is 1.36. The SMILES string of the molecule is Cc1csc(C(=O)N2N=Cc3ccccc3B2O)c1. The Morgan fingerprint density at radius 1 is 1.42 bits per heavy atom. The van der Waals surface area contributed by atoms with E-state index in [-0.39, 0.29) is 5.91 Å². The van der Waals surface area contributed by atoms with E-state index in [1.807, 2.05) is 30.5 Å². The van der Waals surface area contributed by atoms with Gasteiger partial charge in [0.2, 0.25) is 0 Å². The fourth-order valence-electron chi connectivity index (χ4n) is 2.00. The molecule has 0 atom stereocenters. The van der Waals surface area contributed by atoms with Crippen molar-refractivity contribution < 1.29 is 9.82 Å². The normalized spacial score (nSPS) is 13.6. The van der Waals surface area contributed by atoms with Crippen LogP contribution in [0, 0.1) is 6.92 Å². The van der Waals surface area contributed by atoms with Crippen molar-refractivity contribution in [3.05, 3.63) is 51.7 Å². The fourth-order valence-corrected chi connectivity index (χ4v) is 2.83. The van der Waals surface area contributed by atoms with E-state index in [1.54, 1.807) is 18.3 Å². The molecule has 0 fully saturated rings. The van der Waals surface area contributed by atoms with Gasteiger partial charge in [-0.1, -0.05) is 24.3 Å². The molecule has 6 heteroatoms. The molecule has 1 aliphatic heterocycles. The van der Waals surface area contributed by atoms with Gasteiger partial charge in [0.05, 0.1) is 11.1 Å². The van der Waals surface area contributed by atoms with Crippen molar-refractivity contribution >= 4 is 36.0 Å². The second kappa shape index (κ2) is 4.64. The molecule has 0 saturated carbocycles. The lowest BCUT2D eigenvalue weighted by Gasteiger charge is -2.24. The highest BCUT2D eigenvalue weighted by molar-refractivity contribution is 7.12. The highest BCUT2D eigenvalue weighted by Gasteiger charge is 2.34. The van der Waals surface area contributed by atoms with Gasteiger partial charge in [0.25, 0.3) is 5.91 Å². The maximum Gasteiger partial charge on any atom is 0.474 e. The van der Waals surface area contributed by atoms with Gasteiger partial charge in [0, 0.05) is 0 Å². The number of thiophene rings is 1. The van der Waals surface area contributed by atoms with Crippen LogP contribution in [0.15, 0.2) is 40.8 Å². The lowest BCUT2D eigenvalue weighted by atomic mass is 9.70. The summed E-state index contributed by atoms with van der Waals surface area (Å²) in [4.78, 5) is 14.0. The standard InChI is InChI=1S/C13H11BN2O2S/c1-9-6-12(19-8-9)13(17)16-14(18)11-5-3-2-4-10(11)7-15-16/h2-8,18H,1H3. The fraction of sp³-hybridized carbons (Fsp3) is 0.0769. The number of aryl methyl sites for hydroxylation is 1. The minimum absolute atomic E-state index is 0.281. The average molecular weight is 270 g/mol. The monoisotopic (exact) mass is 270 g/mol. The second-order valence-corrected chi connectivity index (χ2v) is 5.30. The van der Waals surface area contributed by atoms with Gasteiger partial charge in [-0.25, -0.2) is 4.92 Å². The zero-order chi connectivity index (χ0) is 13.4.